The van der Waals surface area contributed by atoms with Crippen LogP contribution in [0, 0.1) is 0 Å². The van der Waals surface area contributed by atoms with E-state index in [0.717, 1.165) is 12.2 Å². The van der Waals surface area contributed by atoms with Gasteiger partial charge in [0.15, 0.2) is 0 Å². The molecule has 2 heterocycles. The summed E-state index contributed by atoms with van der Waals surface area (Å²) in [4.78, 5) is 24.1. The SMILES string of the molecule is COc1ccc2[nH]cc(CCN3CCCCC3)c2c1.O=C(O)C(=O)O. The minimum Gasteiger partial charge on any atom is -0.497 e. The van der Waals surface area contributed by atoms with Crippen LogP contribution in [0.5, 0.6) is 5.75 Å². The van der Waals surface area contributed by atoms with Crippen LogP contribution in [-0.2, 0) is 16.0 Å². The number of piperidine rings is 1. The molecule has 0 spiro atoms. The molecule has 1 fully saturated rings. The first kappa shape index (κ1) is 18.8. The van der Waals surface area contributed by atoms with Crippen LogP contribution in [0.25, 0.3) is 10.9 Å². The fraction of sp³-hybridized carbons (Fsp3) is 0.444. The van der Waals surface area contributed by atoms with Gasteiger partial charge in [0.1, 0.15) is 5.75 Å². The number of nitrogens with zero attached hydrogens (tertiary/aromatic N) is 1. The Morgan fingerprint density at radius 2 is 1.84 bits per heavy atom. The molecule has 7 nitrogen and oxygen atoms in total. The summed E-state index contributed by atoms with van der Waals surface area (Å²) in [6.45, 7) is 3.71. The molecule has 1 aliphatic rings. The normalized spacial score (nSPS) is 14.6. The van der Waals surface area contributed by atoms with E-state index in [1.54, 1.807) is 7.11 Å². The monoisotopic (exact) mass is 348 g/mol. The molecule has 1 aliphatic heterocycles. The number of H-pyrrole nitrogens is 1. The average molecular weight is 348 g/mol. The van der Waals surface area contributed by atoms with Crippen molar-refractivity contribution in [3.63, 3.8) is 0 Å². The number of aromatic amines is 1. The number of hydrogen-bond acceptors (Lipinski definition) is 4. The van der Waals surface area contributed by atoms with Gasteiger partial charge < -0.3 is 24.8 Å². The van der Waals surface area contributed by atoms with Crippen molar-refractivity contribution in [1.29, 1.82) is 0 Å². The van der Waals surface area contributed by atoms with Crippen LogP contribution in [0.2, 0.25) is 0 Å². The summed E-state index contributed by atoms with van der Waals surface area (Å²) in [6, 6.07) is 6.24. The Kier molecular flexibility index (Phi) is 6.82. The van der Waals surface area contributed by atoms with E-state index in [4.69, 9.17) is 24.5 Å². The zero-order chi connectivity index (χ0) is 18.2. The maximum Gasteiger partial charge on any atom is 0.414 e. The van der Waals surface area contributed by atoms with Crippen molar-refractivity contribution >= 4 is 22.8 Å². The molecular formula is C18H24N2O5. The van der Waals surface area contributed by atoms with E-state index >= 15 is 0 Å². The molecular weight excluding hydrogens is 324 g/mol. The van der Waals surface area contributed by atoms with Gasteiger partial charge in [0.2, 0.25) is 0 Å². The van der Waals surface area contributed by atoms with Crippen molar-refractivity contribution in [2.24, 2.45) is 0 Å². The number of ether oxygens (including phenoxy) is 1. The van der Waals surface area contributed by atoms with Crippen molar-refractivity contribution < 1.29 is 24.5 Å². The number of rotatable bonds is 4. The van der Waals surface area contributed by atoms with Gasteiger partial charge in [-0.05, 0) is 56.1 Å². The summed E-state index contributed by atoms with van der Waals surface area (Å²) in [5.41, 5.74) is 2.61. The summed E-state index contributed by atoms with van der Waals surface area (Å²) in [6.07, 6.45) is 7.39. The molecule has 0 saturated carbocycles. The Bertz CT molecular complexity index is 707. The van der Waals surface area contributed by atoms with Crippen LogP contribution in [0.4, 0.5) is 0 Å². The minimum atomic E-state index is -1.82. The standard InChI is InChI=1S/C16H22N2O.C2H2O4/c1-19-14-5-6-16-15(11-14)13(12-17-16)7-10-18-8-3-2-4-9-18;3-1(4)2(5)6/h5-6,11-12,17H,2-4,7-10H2,1H3;(H,3,4)(H,5,6). The average Bonchev–Trinajstić information content (AvgIpc) is 3.03. The zero-order valence-corrected chi connectivity index (χ0v) is 14.3. The van der Waals surface area contributed by atoms with Crippen molar-refractivity contribution in [2.75, 3.05) is 26.7 Å². The molecule has 0 radical (unpaired) electrons. The van der Waals surface area contributed by atoms with E-state index in [1.807, 2.05) is 6.07 Å². The van der Waals surface area contributed by atoms with Gasteiger partial charge in [-0.3, -0.25) is 0 Å². The number of benzene rings is 1. The third-order valence-corrected chi connectivity index (χ3v) is 4.30. The lowest BCUT2D eigenvalue weighted by Crippen LogP contribution is -2.31. The Hall–Kier alpha value is -2.54. The summed E-state index contributed by atoms with van der Waals surface area (Å²) in [5.74, 6) is -2.71. The van der Waals surface area contributed by atoms with E-state index in [2.05, 4.69) is 28.2 Å². The largest absolute Gasteiger partial charge is 0.497 e. The molecule has 25 heavy (non-hydrogen) atoms. The number of carboxylic acids is 2. The first-order valence-corrected chi connectivity index (χ1v) is 8.34. The van der Waals surface area contributed by atoms with Gasteiger partial charge in [0, 0.05) is 23.6 Å². The Morgan fingerprint density at radius 1 is 1.16 bits per heavy atom. The number of carbonyl (C=O) groups is 2. The first-order valence-electron chi connectivity index (χ1n) is 8.34. The Labute approximate surface area is 146 Å². The molecule has 0 aliphatic carbocycles. The van der Waals surface area contributed by atoms with Gasteiger partial charge in [-0.15, -0.1) is 0 Å². The minimum absolute atomic E-state index is 0.936. The van der Waals surface area contributed by atoms with E-state index in [9.17, 15) is 0 Å². The van der Waals surface area contributed by atoms with E-state index < -0.39 is 11.9 Å². The Morgan fingerprint density at radius 3 is 2.44 bits per heavy atom. The smallest absolute Gasteiger partial charge is 0.414 e. The summed E-state index contributed by atoms with van der Waals surface area (Å²) in [7, 11) is 1.72. The second-order valence-corrected chi connectivity index (χ2v) is 5.99. The highest BCUT2D eigenvalue weighted by Gasteiger charge is 2.11. The third kappa shape index (κ3) is 5.49. The molecule has 1 saturated heterocycles. The second-order valence-electron chi connectivity index (χ2n) is 5.99. The number of carboxylic acid groups (broad SMARTS) is 2. The third-order valence-electron chi connectivity index (χ3n) is 4.30. The van der Waals surface area contributed by atoms with Crippen molar-refractivity contribution in [3.05, 3.63) is 30.0 Å². The number of aromatic nitrogens is 1. The van der Waals surface area contributed by atoms with Gasteiger partial charge in [0.25, 0.3) is 0 Å². The topological polar surface area (TPSA) is 103 Å². The Balaban J connectivity index is 0.000000326. The summed E-state index contributed by atoms with van der Waals surface area (Å²) >= 11 is 0. The molecule has 1 aromatic heterocycles. The van der Waals surface area contributed by atoms with Gasteiger partial charge in [-0.2, -0.15) is 0 Å². The van der Waals surface area contributed by atoms with E-state index in [1.165, 1.54) is 55.4 Å². The molecule has 2 aromatic rings. The molecule has 1 aromatic carbocycles. The number of nitrogens with one attached hydrogen (secondary N) is 1. The summed E-state index contributed by atoms with van der Waals surface area (Å²) in [5, 5.41) is 16.1. The zero-order valence-electron chi connectivity index (χ0n) is 14.3. The molecule has 136 valence electrons. The molecule has 0 atom stereocenters. The molecule has 0 bridgehead atoms. The number of methoxy groups -OCH3 is 1. The quantitative estimate of drug-likeness (QED) is 0.733. The highest BCUT2D eigenvalue weighted by Crippen LogP contribution is 2.24. The number of hydrogen-bond donors (Lipinski definition) is 3. The highest BCUT2D eigenvalue weighted by molar-refractivity contribution is 6.27. The van der Waals surface area contributed by atoms with Crippen LogP contribution in [-0.4, -0.2) is 58.8 Å². The van der Waals surface area contributed by atoms with Crippen molar-refractivity contribution in [3.8, 4) is 5.75 Å². The number of aliphatic carboxylic acids is 2. The predicted octanol–water partition coefficient (Wildman–Crippen LogP) is 2.36. The van der Waals surface area contributed by atoms with E-state index in [0.29, 0.717) is 0 Å². The highest BCUT2D eigenvalue weighted by atomic mass is 16.5. The maximum atomic E-state index is 9.10. The number of fused-ring (bicyclic) bond motifs is 1. The fourth-order valence-electron chi connectivity index (χ4n) is 2.95. The van der Waals surface area contributed by atoms with Crippen molar-refractivity contribution in [1.82, 2.24) is 9.88 Å². The van der Waals surface area contributed by atoms with Crippen LogP contribution in [0.3, 0.4) is 0 Å². The molecule has 0 unspecified atom stereocenters. The molecule has 0 amide bonds. The molecule has 3 rings (SSSR count). The predicted molar refractivity (Wildman–Crippen MR) is 94.1 cm³/mol. The lowest BCUT2D eigenvalue weighted by Gasteiger charge is -2.26. The van der Waals surface area contributed by atoms with Gasteiger partial charge >= 0.3 is 11.9 Å². The van der Waals surface area contributed by atoms with Crippen LogP contribution in [0.1, 0.15) is 24.8 Å². The van der Waals surface area contributed by atoms with Crippen LogP contribution < -0.4 is 4.74 Å². The van der Waals surface area contributed by atoms with Gasteiger partial charge in [-0.1, -0.05) is 6.42 Å². The first-order chi connectivity index (χ1) is 12.0. The summed E-state index contributed by atoms with van der Waals surface area (Å²) < 4.78 is 5.32. The second kappa shape index (κ2) is 9.08. The fourth-order valence-corrected chi connectivity index (χ4v) is 2.95. The lowest BCUT2D eigenvalue weighted by molar-refractivity contribution is -0.159. The molecule has 7 heteroatoms. The van der Waals surface area contributed by atoms with Crippen LogP contribution >= 0.6 is 0 Å². The van der Waals surface area contributed by atoms with Gasteiger partial charge in [0.05, 0.1) is 7.11 Å². The molecule has 3 N–H and O–H groups in total. The number of likely N-dealkylation sites (tertiary alicyclic amines) is 1. The van der Waals surface area contributed by atoms with E-state index in [-0.39, 0.29) is 0 Å². The van der Waals surface area contributed by atoms with Gasteiger partial charge in [-0.25, -0.2) is 9.59 Å². The van der Waals surface area contributed by atoms with Crippen LogP contribution in [0.15, 0.2) is 24.4 Å². The maximum absolute atomic E-state index is 9.10. The lowest BCUT2D eigenvalue weighted by atomic mass is 10.1. The van der Waals surface area contributed by atoms with Crippen molar-refractivity contribution in [2.45, 2.75) is 25.7 Å².